The van der Waals surface area contributed by atoms with Gasteiger partial charge in [-0.15, -0.1) is 0 Å². The van der Waals surface area contributed by atoms with Crippen LogP contribution >= 0.6 is 15.9 Å². The van der Waals surface area contributed by atoms with Gasteiger partial charge >= 0.3 is 6.03 Å². The first-order chi connectivity index (χ1) is 12.6. The maximum atomic E-state index is 12.7. The zero-order chi connectivity index (χ0) is 18.1. The molecule has 3 aromatic rings. The fourth-order valence-electron chi connectivity index (χ4n) is 3.17. The van der Waals surface area contributed by atoms with Crippen molar-refractivity contribution in [2.75, 3.05) is 10.6 Å². The van der Waals surface area contributed by atoms with Crippen LogP contribution in [0.1, 0.15) is 18.7 Å². The number of para-hydroxylation sites is 1. The molecule has 1 aromatic heterocycles. The molecule has 0 radical (unpaired) electrons. The third-order valence-corrected chi connectivity index (χ3v) is 5.14. The van der Waals surface area contributed by atoms with E-state index in [1.807, 2.05) is 18.2 Å². The fourth-order valence-corrected chi connectivity index (χ4v) is 3.55. The maximum absolute atomic E-state index is 12.7. The number of hydrogen-bond acceptors (Lipinski definition) is 3. The van der Waals surface area contributed by atoms with Gasteiger partial charge in [0.05, 0.1) is 16.6 Å². The van der Waals surface area contributed by atoms with E-state index >= 15 is 0 Å². The summed E-state index contributed by atoms with van der Waals surface area (Å²) >= 11 is 3.39. The highest BCUT2D eigenvalue weighted by molar-refractivity contribution is 9.10. The molecular formula is C19H17BrN4O2. The van der Waals surface area contributed by atoms with E-state index in [0.29, 0.717) is 28.8 Å². The number of anilines is 2. The quantitative estimate of drug-likeness (QED) is 0.663. The van der Waals surface area contributed by atoms with E-state index in [1.54, 1.807) is 28.8 Å². The normalized spacial score (nSPS) is 13.3. The predicted octanol–water partition coefficient (Wildman–Crippen LogP) is 4.14. The van der Waals surface area contributed by atoms with Crippen LogP contribution in [-0.2, 0) is 13.0 Å². The second-order valence-electron chi connectivity index (χ2n) is 6.23. The van der Waals surface area contributed by atoms with Gasteiger partial charge in [0.1, 0.15) is 5.82 Å². The number of nitrogens with zero attached hydrogens (tertiary/aromatic N) is 2. The average molecular weight is 413 g/mol. The van der Waals surface area contributed by atoms with Gasteiger partial charge in [-0.3, -0.25) is 9.36 Å². The highest BCUT2D eigenvalue weighted by atomic mass is 79.9. The van der Waals surface area contributed by atoms with E-state index < -0.39 is 0 Å². The summed E-state index contributed by atoms with van der Waals surface area (Å²) in [4.78, 5) is 29.6. The number of urea groups is 1. The number of rotatable bonds is 2. The van der Waals surface area contributed by atoms with Crippen LogP contribution in [0, 0.1) is 0 Å². The van der Waals surface area contributed by atoms with Crippen LogP contribution in [0.25, 0.3) is 10.9 Å². The Bertz CT molecular complexity index is 1060. The highest BCUT2D eigenvalue weighted by Gasteiger charge is 2.15. The molecule has 2 amide bonds. The number of aryl methyl sites for hydroxylation is 1. The standard InChI is InChI=1S/C19H17BrN4O2/c20-14-5-1-2-6-16(14)23-19(26)21-12-8-9-15-13(11-12)18(25)24-10-4-3-7-17(24)22-15/h1-2,5-6,8-9,11H,3-4,7,10H2,(H2,21,23,26). The van der Waals surface area contributed by atoms with E-state index in [4.69, 9.17) is 0 Å². The molecule has 1 aliphatic heterocycles. The summed E-state index contributed by atoms with van der Waals surface area (Å²) in [6.07, 6.45) is 2.89. The number of aromatic nitrogens is 2. The molecule has 6 nitrogen and oxygen atoms in total. The molecule has 0 saturated heterocycles. The van der Waals surface area contributed by atoms with E-state index in [0.717, 1.165) is 29.6 Å². The van der Waals surface area contributed by atoms with Gasteiger partial charge in [0.2, 0.25) is 0 Å². The number of amides is 2. The smallest absolute Gasteiger partial charge is 0.308 e. The van der Waals surface area contributed by atoms with Crippen molar-refractivity contribution in [3.63, 3.8) is 0 Å². The van der Waals surface area contributed by atoms with Crippen molar-refractivity contribution in [2.24, 2.45) is 0 Å². The lowest BCUT2D eigenvalue weighted by molar-refractivity contribution is 0.262. The van der Waals surface area contributed by atoms with Gasteiger partial charge in [0.25, 0.3) is 5.56 Å². The summed E-state index contributed by atoms with van der Waals surface area (Å²) in [6.45, 7) is 0.706. The van der Waals surface area contributed by atoms with Crippen molar-refractivity contribution in [1.29, 1.82) is 0 Å². The molecule has 2 N–H and O–H groups in total. The molecule has 2 aromatic carbocycles. The number of hydrogen-bond donors (Lipinski definition) is 2. The lowest BCUT2D eigenvalue weighted by atomic mass is 10.1. The molecular weight excluding hydrogens is 396 g/mol. The third kappa shape index (κ3) is 3.22. The number of carbonyl (C=O) groups is 1. The molecule has 0 saturated carbocycles. The summed E-state index contributed by atoms with van der Waals surface area (Å²) < 4.78 is 2.54. The van der Waals surface area contributed by atoms with Gasteiger partial charge in [-0.05, 0) is 59.1 Å². The average Bonchev–Trinajstić information content (AvgIpc) is 2.64. The molecule has 0 atom stereocenters. The van der Waals surface area contributed by atoms with Gasteiger partial charge < -0.3 is 10.6 Å². The van der Waals surface area contributed by atoms with Crippen molar-refractivity contribution in [1.82, 2.24) is 9.55 Å². The molecule has 7 heteroatoms. The van der Waals surface area contributed by atoms with Gasteiger partial charge in [-0.2, -0.15) is 0 Å². The molecule has 26 heavy (non-hydrogen) atoms. The number of benzene rings is 2. The van der Waals surface area contributed by atoms with Gasteiger partial charge in [0.15, 0.2) is 0 Å². The van der Waals surface area contributed by atoms with Crippen molar-refractivity contribution >= 4 is 44.2 Å². The Kier molecular flexibility index (Phi) is 4.46. The van der Waals surface area contributed by atoms with Crippen molar-refractivity contribution in [2.45, 2.75) is 25.8 Å². The fraction of sp³-hybridized carbons (Fsp3) is 0.211. The van der Waals surface area contributed by atoms with Crippen LogP contribution < -0.4 is 16.2 Å². The van der Waals surface area contributed by atoms with Crippen molar-refractivity contribution in [3.8, 4) is 0 Å². The van der Waals surface area contributed by atoms with Gasteiger partial charge in [-0.25, -0.2) is 9.78 Å². The first kappa shape index (κ1) is 16.8. The van der Waals surface area contributed by atoms with Crippen molar-refractivity contribution < 1.29 is 4.79 Å². The van der Waals surface area contributed by atoms with Crippen molar-refractivity contribution in [3.05, 3.63) is 63.1 Å². The van der Waals surface area contributed by atoms with E-state index in [2.05, 4.69) is 31.5 Å². The summed E-state index contributed by atoms with van der Waals surface area (Å²) in [5.41, 5.74) is 1.85. The first-order valence-corrected chi connectivity index (χ1v) is 9.27. The number of nitrogens with one attached hydrogen (secondary N) is 2. The van der Waals surface area contributed by atoms with E-state index in [9.17, 15) is 9.59 Å². The Morgan fingerprint density at radius 2 is 1.96 bits per heavy atom. The summed E-state index contributed by atoms with van der Waals surface area (Å²) in [5.74, 6) is 0.848. The Labute approximate surface area is 158 Å². The molecule has 0 fully saturated rings. The molecule has 0 unspecified atom stereocenters. The minimum atomic E-state index is -0.373. The van der Waals surface area contributed by atoms with E-state index in [1.165, 1.54) is 0 Å². The van der Waals surface area contributed by atoms with Gasteiger partial charge in [-0.1, -0.05) is 12.1 Å². The Balaban J connectivity index is 1.61. The van der Waals surface area contributed by atoms with E-state index in [-0.39, 0.29) is 11.6 Å². The predicted molar refractivity (Wildman–Crippen MR) is 106 cm³/mol. The van der Waals surface area contributed by atoms with Crippen LogP contribution in [0.15, 0.2) is 51.7 Å². The summed E-state index contributed by atoms with van der Waals surface area (Å²) in [7, 11) is 0. The Morgan fingerprint density at radius 1 is 1.12 bits per heavy atom. The second kappa shape index (κ2) is 6.92. The van der Waals surface area contributed by atoms with Crippen LogP contribution in [0.4, 0.5) is 16.2 Å². The van der Waals surface area contributed by atoms with Gasteiger partial charge in [0, 0.05) is 23.1 Å². The first-order valence-electron chi connectivity index (χ1n) is 8.48. The number of halogens is 1. The monoisotopic (exact) mass is 412 g/mol. The van der Waals surface area contributed by atoms with Crippen LogP contribution in [0.3, 0.4) is 0 Å². The second-order valence-corrected chi connectivity index (χ2v) is 7.09. The summed E-state index contributed by atoms with van der Waals surface area (Å²) in [5, 5.41) is 6.07. The largest absolute Gasteiger partial charge is 0.323 e. The topological polar surface area (TPSA) is 76.0 Å². The molecule has 1 aliphatic rings. The summed E-state index contributed by atoms with van der Waals surface area (Å²) in [6, 6.07) is 12.2. The molecule has 132 valence electrons. The molecule has 0 aliphatic carbocycles. The zero-order valence-corrected chi connectivity index (χ0v) is 15.5. The van der Waals surface area contributed by atoms with Crippen LogP contribution in [0.5, 0.6) is 0 Å². The highest BCUT2D eigenvalue weighted by Crippen LogP contribution is 2.22. The third-order valence-electron chi connectivity index (χ3n) is 4.45. The lowest BCUT2D eigenvalue weighted by Crippen LogP contribution is -2.28. The minimum absolute atomic E-state index is 0.0421. The number of fused-ring (bicyclic) bond motifs is 2. The SMILES string of the molecule is O=C(Nc1ccc2nc3n(c(=O)c2c1)CCCC3)Nc1ccccc1Br. The molecule has 4 rings (SSSR count). The maximum Gasteiger partial charge on any atom is 0.323 e. The van der Waals surface area contributed by atoms with Crippen LogP contribution in [-0.4, -0.2) is 15.6 Å². The van der Waals surface area contributed by atoms with Crippen LogP contribution in [0.2, 0.25) is 0 Å². The number of carbonyl (C=O) groups excluding carboxylic acids is 1. The zero-order valence-electron chi connectivity index (χ0n) is 14.0. The lowest BCUT2D eigenvalue weighted by Gasteiger charge is -2.18. The Hall–Kier alpha value is -2.67. The molecule has 0 spiro atoms. The minimum Gasteiger partial charge on any atom is -0.308 e. The molecule has 2 heterocycles. The molecule has 0 bridgehead atoms. The Morgan fingerprint density at radius 3 is 2.81 bits per heavy atom.